The van der Waals surface area contributed by atoms with Crippen LogP contribution in [0.4, 0.5) is 5.82 Å². The number of nitrogens with one attached hydrogen (secondary N) is 1. The maximum atomic E-state index is 12.6. The first-order valence-electron chi connectivity index (χ1n) is 10.2. The van der Waals surface area contributed by atoms with Gasteiger partial charge in [0.2, 0.25) is 5.28 Å². The zero-order chi connectivity index (χ0) is 20.2. The Balaban J connectivity index is 1.57. The van der Waals surface area contributed by atoms with E-state index in [-0.39, 0.29) is 23.2 Å². The quantitative estimate of drug-likeness (QED) is 0.463. The third kappa shape index (κ3) is 4.54. The third-order valence-electron chi connectivity index (χ3n) is 5.90. The van der Waals surface area contributed by atoms with E-state index in [1.54, 1.807) is 6.07 Å². The Hall–Kier alpha value is -2.58. The maximum Gasteiger partial charge on any atom is 0.311 e. The van der Waals surface area contributed by atoms with Crippen LogP contribution in [0.3, 0.4) is 0 Å². The highest BCUT2D eigenvalue weighted by molar-refractivity contribution is 6.28. The van der Waals surface area contributed by atoms with Crippen molar-refractivity contribution in [1.82, 2.24) is 9.97 Å². The molecule has 2 atom stereocenters. The van der Waals surface area contributed by atoms with Gasteiger partial charge in [-0.3, -0.25) is 4.79 Å². The molecule has 0 radical (unpaired) electrons. The minimum atomic E-state index is -0.143. The van der Waals surface area contributed by atoms with Gasteiger partial charge in [0.05, 0.1) is 12.5 Å². The maximum absolute atomic E-state index is 12.6. The van der Waals surface area contributed by atoms with Crippen LogP contribution >= 0.6 is 11.6 Å². The lowest BCUT2D eigenvalue weighted by atomic mass is 9.61. The molecule has 150 valence electrons. The van der Waals surface area contributed by atoms with Gasteiger partial charge >= 0.3 is 5.97 Å². The van der Waals surface area contributed by atoms with E-state index >= 15 is 0 Å². The number of ether oxygens (including phenoxy) is 1. The SMILES string of the molecule is CCOC(=O)[C@@H]1C2CCC(CC2)[C@H]1Nc1cc(C#Cc2ccccc2)nc(Cl)n1. The van der Waals surface area contributed by atoms with E-state index in [0.29, 0.717) is 30.0 Å². The number of esters is 1. The number of hydrogen-bond acceptors (Lipinski definition) is 5. The van der Waals surface area contributed by atoms with Gasteiger partial charge in [0.25, 0.3) is 0 Å². The highest BCUT2D eigenvalue weighted by atomic mass is 35.5. The summed E-state index contributed by atoms with van der Waals surface area (Å²) in [5.41, 5.74) is 1.45. The van der Waals surface area contributed by atoms with E-state index in [0.717, 1.165) is 31.2 Å². The minimum Gasteiger partial charge on any atom is -0.466 e. The Kier molecular flexibility index (Phi) is 6.01. The fraction of sp³-hybridized carbons (Fsp3) is 0.435. The average Bonchev–Trinajstić information content (AvgIpc) is 2.73. The number of benzene rings is 1. The van der Waals surface area contributed by atoms with Crippen LogP contribution in [0.5, 0.6) is 0 Å². The van der Waals surface area contributed by atoms with Crippen molar-refractivity contribution < 1.29 is 9.53 Å². The van der Waals surface area contributed by atoms with Crippen molar-refractivity contribution in [2.24, 2.45) is 17.8 Å². The van der Waals surface area contributed by atoms with E-state index < -0.39 is 0 Å². The zero-order valence-corrected chi connectivity index (χ0v) is 17.2. The second-order valence-corrected chi connectivity index (χ2v) is 7.98. The van der Waals surface area contributed by atoms with Gasteiger partial charge in [0.1, 0.15) is 11.5 Å². The summed E-state index contributed by atoms with van der Waals surface area (Å²) in [6, 6.07) is 11.5. The van der Waals surface area contributed by atoms with Crippen LogP contribution in [0.25, 0.3) is 0 Å². The van der Waals surface area contributed by atoms with Crippen LogP contribution in [-0.4, -0.2) is 28.6 Å². The zero-order valence-electron chi connectivity index (χ0n) is 16.4. The Bertz CT molecular complexity index is 930. The molecule has 3 fully saturated rings. The van der Waals surface area contributed by atoms with Gasteiger partial charge in [-0.2, -0.15) is 0 Å². The fourth-order valence-corrected chi connectivity index (χ4v) is 4.80. The molecule has 1 aromatic heterocycles. The summed E-state index contributed by atoms with van der Waals surface area (Å²) in [5, 5.41) is 3.62. The van der Waals surface area contributed by atoms with Crippen LogP contribution in [0, 0.1) is 29.6 Å². The summed E-state index contributed by atoms with van der Waals surface area (Å²) < 4.78 is 5.38. The largest absolute Gasteiger partial charge is 0.466 e. The number of hydrogen-bond donors (Lipinski definition) is 1. The number of anilines is 1. The number of carbonyl (C=O) groups is 1. The highest BCUT2D eigenvalue weighted by Gasteiger charge is 2.48. The van der Waals surface area contributed by atoms with Crippen molar-refractivity contribution in [2.75, 3.05) is 11.9 Å². The molecule has 3 aliphatic carbocycles. The molecule has 29 heavy (non-hydrogen) atoms. The predicted molar refractivity (Wildman–Crippen MR) is 112 cm³/mol. The minimum absolute atomic E-state index is 0.00227. The van der Waals surface area contributed by atoms with Gasteiger partial charge in [0, 0.05) is 17.7 Å². The lowest BCUT2D eigenvalue weighted by molar-refractivity contribution is -0.154. The molecule has 5 rings (SSSR count). The average molecular weight is 410 g/mol. The fourth-order valence-electron chi connectivity index (χ4n) is 4.62. The highest BCUT2D eigenvalue weighted by Crippen LogP contribution is 2.46. The van der Waals surface area contributed by atoms with Gasteiger partial charge in [-0.15, -0.1) is 0 Å². The number of rotatable bonds is 4. The molecular weight excluding hydrogens is 386 g/mol. The number of halogens is 1. The van der Waals surface area contributed by atoms with Gasteiger partial charge in [-0.05, 0) is 74.1 Å². The first-order valence-corrected chi connectivity index (χ1v) is 10.6. The normalized spacial score (nSPS) is 25.0. The van der Waals surface area contributed by atoms with Gasteiger partial charge in [-0.25, -0.2) is 9.97 Å². The van der Waals surface area contributed by atoms with Crippen LogP contribution in [0.15, 0.2) is 36.4 Å². The van der Waals surface area contributed by atoms with E-state index in [9.17, 15) is 4.79 Å². The van der Waals surface area contributed by atoms with E-state index in [1.165, 1.54) is 0 Å². The Labute approximate surface area is 176 Å². The first-order chi connectivity index (χ1) is 14.1. The number of aromatic nitrogens is 2. The molecule has 1 heterocycles. The Morgan fingerprint density at radius 1 is 1.14 bits per heavy atom. The van der Waals surface area contributed by atoms with Crippen LogP contribution in [0.2, 0.25) is 5.28 Å². The molecule has 0 saturated heterocycles. The third-order valence-corrected chi connectivity index (χ3v) is 6.07. The lowest BCUT2D eigenvalue weighted by Crippen LogP contribution is -2.52. The van der Waals surface area contributed by atoms with Crippen molar-refractivity contribution in [3.05, 3.63) is 52.9 Å². The number of nitrogens with zero attached hydrogens (tertiary/aromatic N) is 2. The Morgan fingerprint density at radius 3 is 2.59 bits per heavy atom. The lowest BCUT2D eigenvalue weighted by Gasteiger charge is -2.47. The Morgan fingerprint density at radius 2 is 1.86 bits per heavy atom. The summed E-state index contributed by atoms with van der Waals surface area (Å²) >= 11 is 6.16. The van der Waals surface area contributed by atoms with E-state index in [4.69, 9.17) is 16.3 Å². The molecule has 6 heteroatoms. The van der Waals surface area contributed by atoms with Crippen molar-refractivity contribution in [3.8, 4) is 11.8 Å². The smallest absolute Gasteiger partial charge is 0.311 e. The summed E-state index contributed by atoms with van der Waals surface area (Å²) in [7, 11) is 0. The molecule has 0 unspecified atom stereocenters. The standard InChI is InChI=1S/C23H24ClN3O2/c1-2-29-22(28)20-16-9-11-17(12-10-16)21(20)26-19-14-18(25-23(24)27-19)13-8-15-6-4-3-5-7-15/h3-7,14,16-17,20-21H,2,9-12H2,1H3,(H,25,26,27)/t16?,17?,20-,21-/m1/s1. The molecule has 3 aliphatic rings. The van der Waals surface area contributed by atoms with Gasteiger partial charge in [-0.1, -0.05) is 24.1 Å². The monoisotopic (exact) mass is 409 g/mol. The predicted octanol–water partition coefficient (Wildman–Crippen LogP) is 4.31. The summed E-state index contributed by atoms with van der Waals surface area (Å²) in [6.45, 7) is 2.25. The molecule has 3 saturated carbocycles. The molecule has 0 amide bonds. The van der Waals surface area contributed by atoms with Crippen molar-refractivity contribution in [1.29, 1.82) is 0 Å². The number of carbonyl (C=O) groups excluding carboxylic acids is 1. The molecule has 1 aromatic carbocycles. The number of fused-ring (bicyclic) bond motifs is 3. The topological polar surface area (TPSA) is 64.1 Å². The van der Waals surface area contributed by atoms with Crippen molar-refractivity contribution in [3.63, 3.8) is 0 Å². The summed E-state index contributed by atoms with van der Waals surface area (Å²) in [5.74, 6) is 7.29. The summed E-state index contributed by atoms with van der Waals surface area (Å²) in [4.78, 5) is 21.2. The second-order valence-electron chi connectivity index (χ2n) is 7.65. The van der Waals surface area contributed by atoms with Crippen LogP contribution < -0.4 is 5.32 Å². The molecule has 2 aromatic rings. The van der Waals surface area contributed by atoms with Gasteiger partial charge < -0.3 is 10.1 Å². The molecule has 0 spiro atoms. The first kappa shape index (κ1) is 19.7. The van der Waals surface area contributed by atoms with Crippen molar-refractivity contribution in [2.45, 2.75) is 38.6 Å². The van der Waals surface area contributed by atoms with Crippen LogP contribution in [0.1, 0.15) is 43.9 Å². The molecule has 1 N–H and O–H groups in total. The second kappa shape index (κ2) is 8.84. The molecule has 0 aliphatic heterocycles. The molecule has 2 bridgehead atoms. The van der Waals surface area contributed by atoms with Crippen LogP contribution in [-0.2, 0) is 9.53 Å². The van der Waals surface area contributed by atoms with Gasteiger partial charge in [0.15, 0.2) is 0 Å². The summed E-state index contributed by atoms with van der Waals surface area (Å²) in [6.07, 6.45) is 4.42. The molecular formula is C23H24ClN3O2. The van der Waals surface area contributed by atoms with Crippen molar-refractivity contribution >= 4 is 23.4 Å². The van der Waals surface area contributed by atoms with E-state index in [2.05, 4.69) is 27.1 Å². The van der Waals surface area contributed by atoms with E-state index in [1.807, 2.05) is 37.3 Å². The molecule has 5 nitrogen and oxygen atoms in total.